The van der Waals surface area contributed by atoms with Gasteiger partial charge >= 0.3 is 0 Å². The van der Waals surface area contributed by atoms with Gasteiger partial charge in [0.2, 0.25) is 0 Å². The molecule has 0 amide bonds. The molecule has 0 aliphatic carbocycles. The van der Waals surface area contributed by atoms with Crippen molar-refractivity contribution in [2.24, 2.45) is 0 Å². The molecule has 0 unspecified atom stereocenters. The van der Waals surface area contributed by atoms with Gasteiger partial charge in [-0.3, -0.25) is 0 Å². The molecule has 2 aromatic rings. The van der Waals surface area contributed by atoms with E-state index in [4.69, 9.17) is 15.2 Å². The zero-order chi connectivity index (χ0) is 13.8. The standard InChI is InChI=1S/C14H13Br2NO2/c1-18-14-3-2-10(15)4-9(14)8-19-13-6-11(16)5-12(17)7-13/h2-7H,8,17H2,1H3. The minimum Gasteiger partial charge on any atom is -0.496 e. The van der Waals surface area contributed by atoms with Crippen molar-refractivity contribution in [3.8, 4) is 11.5 Å². The van der Waals surface area contributed by atoms with E-state index in [-0.39, 0.29) is 0 Å². The van der Waals surface area contributed by atoms with Gasteiger partial charge in [0.15, 0.2) is 0 Å². The molecule has 2 aromatic carbocycles. The third kappa shape index (κ3) is 3.88. The second-order valence-electron chi connectivity index (χ2n) is 3.97. The summed E-state index contributed by atoms with van der Waals surface area (Å²) in [5.74, 6) is 1.51. The molecular formula is C14H13Br2NO2. The Labute approximate surface area is 129 Å². The third-order valence-electron chi connectivity index (χ3n) is 2.53. The number of hydrogen-bond acceptors (Lipinski definition) is 3. The van der Waals surface area contributed by atoms with Gasteiger partial charge in [-0.15, -0.1) is 0 Å². The topological polar surface area (TPSA) is 44.5 Å². The lowest BCUT2D eigenvalue weighted by atomic mass is 10.2. The van der Waals surface area contributed by atoms with Crippen molar-refractivity contribution in [1.29, 1.82) is 0 Å². The number of benzene rings is 2. The van der Waals surface area contributed by atoms with E-state index in [9.17, 15) is 0 Å². The van der Waals surface area contributed by atoms with E-state index in [1.807, 2.05) is 30.3 Å². The van der Waals surface area contributed by atoms with Crippen LogP contribution in [0.25, 0.3) is 0 Å². The minimum atomic E-state index is 0.415. The van der Waals surface area contributed by atoms with Gasteiger partial charge in [-0.2, -0.15) is 0 Å². The molecule has 0 bridgehead atoms. The molecule has 2 N–H and O–H groups in total. The average Bonchev–Trinajstić information content (AvgIpc) is 2.35. The summed E-state index contributed by atoms with van der Waals surface area (Å²) in [6.07, 6.45) is 0. The first-order valence-corrected chi connectivity index (χ1v) is 7.18. The summed E-state index contributed by atoms with van der Waals surface area (Å²) in [6, 6.07) is 11.3. The fourth-order valence-corrected chi connectivity index (χ4v) is 2.59. The maximum atomic E-state index is 5.77. The van der Waals surface area contributed by atoms with Gasteiger partial charge in [-0.05, 0) is 30.3 Å². The number of hydrogen-bond donors (Lipinski definition) is 1. The van der Waals surface area contributed by atoms with Gasteiger partial charge in [-0.1, -0.05) is 31.9 Å². The van der Waals surface area contributed by atoms with E-state index in [0.717, 1.165) is 20.3 Å². The van der Waals surface area contributed by atoms with E-state index in [1.54, 1.807) is 13.2 Å². The molecule has 3 nitrogen and oxygen atoms in total. The molecule has 5 heteroatoms. The smallest absolute Gasteiger partial charge is 0.125 e. The lowest BCUT2D eigenvalue weighted by molar-refractivity contribution is 0.296. The molecule has 0 aliphatic rings. The Morgan fingerprint density at radius 1 is 1.05 bits per heavy atom. The zero-order valence-electron chi connectivity index (χ0n) is 10.3. The van der Waals surface area contributed by atoms with Crippen LogP contribution >= 0.6 is 31.9 Å². The number of methoxy groups -OCH3 is 1. The van der Waals surface area contributed by atoms with Gasteiger partial charge in [0, 0.05) is 26.3 Å². The number of anilines is 1. The van der Waals surface area contributed by atoms with Crippen molar-refractivity contribution in [1.82, 2.24) is 0 Å². The minimum absolute atomic E-state index is 0.415. The van der Waals surface area contributed by atoms with Crippen LogP contribution in [0, 0.1) is 0 Å². The van der Waals surface area contributed by atoms with E-state index >= 15 is 0 Å². The Hall–Kier alpha value is -1.20. The van der Waals surface area contributed by atoms with Crippen LogP contribution in [0.15, 0.2) is 45.3 Å². The summed E-state index contributed by atoms with van der Waals surface area (Å²) in [5.41, 5.74) is 7.39. The summed E-state index contributed by atoms with van der Waals surface area (Å²) in [6.45, 7) is 0.415. The van der Waals surface area contributed by atoms with Crippen LogP contribution in [-0.2, 0) is 6.61 Å². The molecule has 0 spiro atoms. The van der Waals surface area contributed by atoms with Gasteiger partial charge in [0.25, 0.3) is 0 Å². The highest BCUT2D eigenvalue weighted by Gasteiger charge is 2.05. The number of ether oxygens (including phenoxy) is 2. The monoisotopic (exact) mass is 385 g/mol. The highest BCUT2D eigenvalue weighted by atomic mass is 79.9. The Morgan fingerprint density at radius 2 is 1.84 bits per heavy atom. The van der Waals surface area contributed by atoms with Crippen molar-refractivity contribution in [3.63, 3.8) is 0 Å². The zero-order valence-corrected chi connectivity index (χ0v) is 13.5. The fraction of sp³-hybridized carbons (Fsp3) is 0.143. The van der Waals surface area contributed by atoms with Crippen LogP contribution in [0.3, 0.4) is 0 Å². The van der Waals surface area contributed by atoms with Gasteiger partial charge < -0.3 is 15.2 Å². The number of rotatable bonds is 4. The van der Waals surface area contributed by atoms with Crippen LogP contribution in [0.1, 0.15) is 5.56 Å². The maximum absolute atomic E-state index is 5.77. The van der Waals surface area contributed by atoms with Crippen molar-refractivity contribution in [2.45, 2.75) is 6.61 Å². The Balaban J connectivity index is 2.16. The molecule has 0 fully saturated rings. The van der Waals surface area contributed by atoms with Gasteiger partial charge in [-0.25, -0.2) is 0 Å². The summed E-state index contributed by atoms with van der Waals surface area (Å²) < 4.78 is 12.9. The molecule has 100 valence electrons. The molecule has 0 heterocycles. The van der Waals surface area contributed by atoms with E-state index in [1.165, 1.54) is 0 Å². The van der Waals surface area contributed by atoms with Crippen molar-refractivity contribution in [2.75, 3.05) is 12.8 Å². The second kappa shape index (κ2) is 6.30. The highest BCUT2D eigenvalue weighted by molar-refractivity contribution is 9.10. The molecular weight excluding hydrogens is 374 g/mol. The molecule has 0 radical (unpaired) electrons. The lowest BCUT2D eigenvalue weighted by Gasteiger charge is -2.11. The molecule has 0 aliphatic heterocycles. The average molecular weight is 387 g/mol. The van der Waals surface area contributed by atoms with E-state index < -0.39 is 0 Å². The number of nitrogen functional groups attached to an aromatic ring is 1. The van der Waals surface area contributed by atoms with Gasteiger partial charge in [0.05, 0.1) is 7.11 Å². The molecule has 0 aromatic heterocycles. The first kappa shape index (κ1) is 14.2. The predicted molar refractivity (Wildman–Crippen MR) is 83.6 cm³/mol. The van der Waals surface area contributed by atoms with Crippen molar-refractivity contribution < 1.29 is 9.47 Å². The van der Waals surface area contributed by atoms with E-state index in [0.29, 0.717) is 18.0 Å². The Kier molecular flexibility index (Phi) is 4.71. The second-order valence-corrected chi connectivity index (χ2v) is 5.80. The molecule has 19 heavy (non-hydrogen) atoms. The maximum Gasteiger partial charge on any atom is 0.125 e. The summed E-state index contributed by atoms with van der Waals surface area (Å²) in [5, 5.41) is 0. The van der Waals surface area contributed by atoms with Crippen molar-refractivity contribution >= 4 is 37.5 Å². The van der Waals surface area contributed by atoms with Gasteiger partial charge in [0.1, 0.15) is 18.1 Å². The Bertz CT molecular complexity index is 567. The van der Waals surface area contributed by atoms with Crippen LogP contribution < -0.4 is 15.2 Å². The van der Waals surface area contributed by atoms with Crippen LogP contribution in [0.2, 0.25) is 0 Å². The molecule has 0 saturated heterocycles. The quantitative estimate of drug-likeness (QED) is 0.793. The molecule has 0 atom stereocenters. The van der Waals surface area contributed by atoms with Crippen LogP contribution in [-0.4, -0.2) is 7.11 Å². The Morgan fingerprint density at radius 3 is 2.53 bits per heavy atom. The predicted octanol–water partition coefficient (Wildman–Crippen LogP) is 4.38. The summed E-state index contributed by atoms with van der Waals surface area (Å²) >= 11 is 6.82. The van der Waals surface area contributed by atoms with Crippen molar-refractivity contribution in [3.05, 3.63) is 50.9 Å². The number of nitrogens with two attached hydrogens (primary N) is 1. The molecule has 2 rings (SSSR count). The normalized spacial score (nSPS) is 10.3. The first-order chi connectivity index (χ1) is 9.08. The van der Waals surface area contributed by atoms with E-state index in [2.05, 4.69) is 31.9 Å². The fourth-order valence-electron chi connectivity index (χ4n) is 1.69. The molecule has 0 saturated carbocycles. The SMILES string of the molecule is COc1ccc(Br)cc1COc1cc(N)cc(Br)c1. The largest absolute Gasteiger partial charge is 0.496 e. The summed E-state index contributed by atoms with van der Waals surface area (Å²) in [7, 11) is 1.64. The first-order valence-electron chi connectivity index (χ1n) is 5.60. The van der Waals surface area contributed by atoms with Crippen LogP contribution in [0.4, 0.5) is 5.69 Å². The van der Waals surface area contributed by atoms with Crippen LogP contribution in [0.5, 0.6) is 11.5 Å². The number of halogens is 2. The third-order valence-corrected chi connectivity index (χ3v) is 3.48. The highest BCUT2D eigenvalue weighted by Crippen LogP contribution is 2.27. The lowest BCUT2D eigenvalue weighted by Crippen LogP contribution is -1.99. The summed E-state index contributed by atoms with van der Waals surface area (Å²) in [4.78, 5) is 0.